The van der Waals surface area contributed by atoms with Gasteiger partial charge in [0.2, 0.25) is 0 Å². The average Bonchev–Trinajstić information content (AvgIpc) is 1.88. The number of hydrogen-bond acceptors (Lipinski definition) is 3. The maximum absolute atomic E-state index is 10.8. The van der Waals surface area contributed by atoms with Gasteiger partial charge in [-0.2, -0.15) is 0 Å². The number of aliphatic hydroxyl groups is 1. The van der Waals surface area contributed by atoms with Gasteiger partial charge in [-0.05, 0) is 6.92 Å². The number of carbonyl (C=O) groups excluding carboxylic acids is 1. The third-order valence-electron chi connectivity index (χ3n) is 1.15. The Morgan fingerprint density at radius 2 is 2.20 bits per heavy atom. The lowest BCUT2D eigenvalue weighted by Gasteiger charge is -1.98. The lowest BCUT2D eigenvalue weighted by Crippen LogP contribution is -2.07. The van der Waals surface area contributed by atoms with Gasteiger partial charge in [0.1, 0.15) is 0 Å². The molecular weight excluding hydrogens is 130 g/mol. The van der Waals surface area contributed by atoms with Crippen molar-refractivity contribution in [2.75, 3.05) is 0 Å². The second-order valence-corrected chi connectivity index (χ2v) is 1.94. The molecule has 0 aromatic rings. The van der Waals surface area contributed by atoms with Gasteiger partial charge in [0, 0.05) is 12.1 Å². The van der Waals surface area contributed by atoms with Crippen molar-refractivity contribution in [2.24, 2.45) is 0 Å². The molecule has 56 valence electrons. The van der Waals surface area contributed by atoms with Gasteiger partial charge in [-0.15, -0.1) is 0 Å². The zero-order valence-electron chi connectivity index (χ0n) is 6.14. The van der Waals surface area contributed by atoms with Crippen molar-refractivity contribution in [1.29, 1.82) is 5.41 Å². The van der Waals surface area contributed by atoms with Gasteiger partial charge in [-0.3, -0.25) is 4.79 Å². The molecule has 3 heteroatoms. The first-order valence-electron chi connectivity index (χ1n) is 3.06. The van der Waals surface area contributed by atoms with Crippen LogP contribution in [0.15, 0.2) is 11.8 Å². The normalized spacial score (nSPS) is 11.2. The first-order valence-corrected chi connectivity index (χ1v) is 3.06. The van der Waals surface area contributed by atoms with E-state index in [1.165, 1.54) is 6.92 Å². The number of Topliss-reactive ketones (excluding diaryl/α,β-unsaturated/α-hetero) is 1. The molecule has 0 rings (SSSR count). The molecule has 0 radical (unpaired) electrons. The van der Waals surface area contributed by atoms with E-state index >= 15 is 0 Å². The Kier molecular flexibility index (Phi) is 3.39. The molecule has 0 aliphatic carbocycles. The average molecular weight is 141 g/mol. The predicted molar refractivity (Wildman–Crippen MR) is 39.4 cm³/mol. The molecular formula is C7H11NO2. The Hall–Kier alpha value is -1.12. The fourth-order valence-electron chi connectivity index (χ4n) is 0.568. The van der Waals surface area contributed by atoms with Crippen molar-refractivity contribution in [3.05, 3.63) is 11.8 Å². The van der Waals surface area contributed by atoms with E-state index in [0.29, 0.717) is 12.7 Å². The highest BCUT2D eigenvalue weighted by molar-refractivity contribution is 6.20. The van der Waals surface area contributed by atoms with Crippen LogP contribution in [-0.2, 0) is 4.79 Å². The van der Waals surface area contributed by atoms with Gasteiger partial charge < -0.3 is 10.5 Å². The minimum atomic E-state index is -0.199. The maximum Gasteiger partial charge on any atom is 0.167 e. The Morgan fingerprint density at radius 3 is 2.30 bits per heavy atom. The monoisotopic (exact) mass is 141 g/mol. The first kappa shape index (κ1) is 8.88. The Morgan fingerprint density at radius 1 is 1.70 bits per heavy atom. The molecule has 0 aromatic heterocycles. The Balaban J connectivity index is 4.39. The van der Waals surface area contributed by atoms with E-state index in [1.54, 1.807) is 6.92 Å². The van der Waals surface area contributed by atoms with Crippen LogP contribution in [0.25, 0.3) is 0 Å². The highest BCUT2D eigenvalue weighted by atomic mass is 16.2. The standard InChI is InChI=1S/C7H11NO2/c1-3-7(10)6(4-9)5(2)8/h4,8-9H,3H2,1-2H3. The summed E-state index contributed by atoms with van der Waals surface area (Å²) >= 11 is 0. The summed E-state index contributed by atoms with van der Waals surface area (Å²) < 4.78 is 0. The van der Waals surface area contributed by atoms with Crippen LogP contribution in [0.1, 0.15) is 20.3 Å². The molecule has 0 spiro atoms. The molecule has 0 aliphatic heterocycles. The van der Waals surface area contributed by atoms with E-state index in [-0.39, 0.29) is 17.1 Å². The van der Waals surface area contributed by atoms with Crippen molar-refractivity contribution in [2.45, 2.75) is 20.3 Å². The van der Waals surface area contributed by atoms with E-state index in [0.717, 1.165) is 0 Å². The molecule has 0 saturated heterocycles. The minimum absolute atomic E-state index is 0.0995. The summed E-state index contributed by atoms with van der Waals surface area (Å²) in [7, 11) is 0. The zero-order chi connectivity index (χ0) is 8.15. The first-order chi connectivity index (χ1) is 4.63. The highest BCUT2D eigenvalue weighted by Gasteiger charge is 2.08. The Bertz CT molecular complexity index is 182. The maximum atomic E-state index is 10.8. The van der Waals surface area contributed by atoms with E-state index in [1.807, 2.05) is 0 Å². The van der Waals surface area contributed by atoms with Gasteiger partial charge in [-0.1, -0.05) is 6.92 Å². The van der Waals surface area contributed by atoms with Crippen molar-refractivity contribution < 1.29 is 9.90 Å². The zero-order valence-corrected chi connectivity index (χ0v) is 6.14. The number of allylic oxidation sites excluding steroid dienone is 1. The molecule has 0 bridgehead atoms. The van der Waals surface area contributed by atoms with Crippen LogP contribution in [0.2, 0.25) is 0 Å². The number of nitrogens with one attached hydrogen (secondary N) is 1. The molecule has 0 amide bonds. The lowest BCUT2D eigenvalue weighted by atomic mass is 10.1. The van der Waals surface area contributed by atoms with Crippen LogP contribution in [0.5, 0.6) is 0 Å². The second kappa shape index (κ2) is 3.82. The molecule has 2 N–H and O–H groups in total. The highest BCUT2D eigenvalue weighted by Crippen LogP contribution is 1.99. The lowest BCUT2D eigenvalue weighted by molar-refractivity contribution is -0.114. The quantitative estimate of drug-likeness (QED) is 0.355. The van der Waals surface area contributed by atoms with Gasteiger partial charge in [0.05, 0.1) is 11.8 Å². The van der Waals surface area contributed by atoms with Gasteiger partial charge in [-0.25, -0.2) is 0 Å². The van der Waals surface area contributed by atoms with Crippen LogP contribution in [0.3, 0.4) is 0 Å². The molecule has 0 aliphatic rings. The van der Waals surface area contributed by atoms with E-state index in [9.17, 15) is 4.79 Å². The molecule has 0 unspecified atom stereocenters. The van der Waals surface area contributed by atoms with Gasteiger partial charge in [0.15, 0.2) is 5.78 Å². The summed E-state index contributed by atoms with van der Waals surface area (Å²) in [5.74, 6) is -0.199. The number of hydrogen-bond donors (Lipinski definition) is 2. The summed E-state index contributed by atoms with van der Waals surface area (Å²) in [5, 5.41) is 15.5. The van der Waals surface area contributed by atoms with Crippen molar-refractivity contribution >= 4 is 11.5 Å². The molecule has 0 heterocycles. The molecule has 0 aromatic carbocycles. The minimum Gasteiger partial charge on any atom is -0.515 e. The van der Waals surface area contributed by atoms with Crippen molar-refractivity contribution in [3.8, 4) is 0 Å². The summed E-state index contributed by atoms with van der Waals surface area (Å²) in [5.41, 5.74) is 0.205. The molecule has 10 heavy (non-hydrogen) atoms. The fraction of sp³-hybridized carbons (Fsp3) is 0.429. The largest absolute Gasteiger partial charge is 0.515 e. The van der Waals surface area contributed by atoms with Crippen LogP contribution in [-0.4, -0.2) is 16.6 Å². The number of ketones is 1. The smallest absolute Gasteiger partial charge is 0.167 e. The number of rotatable bonds is 3. The third-order valence-corrected chi connectivity index (χ3v) is 1.15. The second-order valence-electron chi connectivity index (χ2n) is 1.94. The Labute approximate surface area is 59.9 Å². The predicted octanol–water partition coefficient (Wildman–Crippen LogP) is 1.45. The fourth-order valence-corrected chi connectivity index (χ4v) is 0.568. The van der Waals surface area contributed by atoms with Gasteiger partial charge >= 0.3 is 0 Å². The summed E-state index contributed by atoms with van der Waals surface area (Å²) in [6, 6.07) is 0. The summed E-state index contributed by atoms with van der Waals surface area (Å²) in [6.45, 7) is 3.16. The van der Waals surface area contributed by atoms with Crippen LogP contribution < -0.4 is 0 Å². The van der Waals surface area contributed by atoms with E-state index in [4.69, 9.17) is 10.5 Å². The van der Waals surface area contributed by atoms with E-state index < -0.39 is 0 Å². The molecule has 0 saturated carbocycles. The van der Waals surface area contributed by atoms with Crippen LogP contribution in [0, 0.1) is 5.41 Å². The summed E-state index contributed by atoms with van der Waals surface area (Å²) in [4.78, 5) is 10.8. The number of carbonyl (C=O) groups is 1. The topological polar surface area (TPSA) is 61.1 Å². The van der Waals surface area contributed by atoms with Crippen molar-refractivity contribution in [3.63, 3.8) is 0 Å². The van der Waals surface area contributed by atoms with Crippen LogP contribution >= 0.6 is 0 Å². The van der Waals surface area contributed by atoms with E-state index in [2.05, 4.69) is 0 Å². The van der Waals surface area contributed by atoms with Crippen LogP contribution in [0.4, 0.5) is 0 Å². The molecule has 0 fully saturated rings. The molecule has 0 atom stereocenters. The third kappa shape index (κ3) is 2.01. The SMILES string of the molecule is CCC(=O)C(=CO)C(C)=N. The summed E-state index contributed by atoms with van der Waals surface area (Å²) in [6.07, 6.45) is 1.01. The number of aliphatic hydroxyl groups excluding tert-OH is 1. The molecule has 3 nitrogen and oxygen atoms in total. The van der Waals surface area contributed by atoms with Gasteiger partial charge in [0.25, 0.3) is 0 Å². The van der Waals surface area contributed by atoms with Crippen molar-refractivity contribution in [1.82, 2.24) is 0 Å².